The molecule has 0 bridgehead atoms. The minimum atomic E-state index is -0.982. The van der Waals surface area contributed by atoms with Gasteiger partial charge in [-0.2, -0.15) is 0 Å². The molecular weight excluding hydrogens is 246 g/mol. The number of aliphatic carboxylic acids is 1. The first-order chi connectivity index (χ1) is 8.88. The van der Waals surface area contributed by atoms with Crippen LogP contribution < -0.4 is 10.6 Å². The molecule has 19 heavy (non-hydrogen) atoms. The van der Waals surface area contributed by atoms with Crippen LogP contribution in [0.4, 0.5) is 4.79 Å². The quantitative estimate of drug-likeness (QED) is 0.693. The number of likely N-dealkylation sites (N-methyl/N-ethyl adjacent to an activating group) is 1. The molecule has 0 aromatic carbocycles. The summed E-state index contributed by atoms with van der Waals surface area (Å²) in [5.74, 6) is -0.758. The van der Waals surface area contributed by atoms with Crippen molar-refractivity contribution < 1.29 is 14.7 Å². The number of nitrogens with one attached hydrogen (secondary N) is 2. The van der Waals surface area contributed by atoms with Crippen LogP contribution in [0.5, 0.6) is 0 Å². The molecule has 0 spiro atoms. The van der Waals surface area contributed by atoms with Crippen molar-refractivity contribution in [1.29, 1.82) is 0 Å². The van der Waals surface area contributed by atoms with E-state index < -0.39 is 12.0 Å². The van der Waals surface area contributed by atoms with Crippen LogP contribution in [0, 0.1) is 5.92 Å². The van der Waals surface area contributed by atoms with Crippen molar-refractivity contribution in [3.05, 3.63) is 0 Å². The summed E-state index contributed by atoms with van der Waals surface area (Å²) in [7, 11) is 2.02. The van der Waals surface area contributed by atoms with Gasteiger partial charge in [0.1, 0.15) is 6.04 Å². The van der Waals surface area contributed by atoms with E-state index in [1.807, 2.05) is 20.9 Å². The molecule has 2 amide bonds. The third-order valence-corrected chi connectivity index (χ3v) is 3.27. The smallest absolute Gasteiger partial charge is 0.326 e. The van der Waals surface area contributed by atoms with E-state index >= 15 is 0 Å². The van der Waals surface area contributed by atoms with Crippen molar-refractivity contribution in [1.82, 2.24) is 15.5 Å². The highest BCUT2D eigenvalue weighted by molar-refractivity contribution is 5.82. The zero-order valence-electron chi connectivity index (χ0n) is 12.0. The van der Waals surface area contributed by atoms with Gasteiger partial charge in [-0.1, -0.05) is 13.8 Å². The Kier molecular flexibility index (Phi) is 6.08. The van der Waals surface area contributed by atoms with Crippen LogP contribution in [0.3, 0.4) is 0 Å². The van der Waals surface area contributed by atoms with Crippen LogP contribution in [0.2, 0.25) is 0 Å². The summed E-state index contributed by atoms with van der Waals surface area (Å²) in [5, 5.41) is 14.5. The maximum absolute atomic E-state index is 11.8. The van der Waals surface area contributed by atoms with E-state index in [1.54, 1.807) is 0 Å². The number of carbonyl (C=O) groups excluding carboxylic acids is 1. The van der Waals surface area contributed by atoms with Crippen molar-refractivity contribution in [3.63, 3.8) is 0 Å². The number of hydrogen-bond donors (Lipinski definition) is 3. The lowest BCUT2D eigenvalue weighted by atomic mass is 10.0. The van der Waals surface area contributed by atoms with Gasteiger partial charge in [0.05, 0.1) is 0 Å². The highest BCUT2D eigenvalue weighted by Gasteiger charge is 2.23. The molecule has 2 atom stereocenters. The van der Waals surface area contributed by atoms with Crippen molar-refractivity contribution in [2.24, 2.45) is 5.92 Å². The number of nitrogens with zero attached hydrogens (tertiary/aromatic N) is 1. The summed E-state index contributed by atoms with van der Waals surface area (Å²) in [6.07, 6.45) is 2.43. The van der Waals surface area contributed by atoms with Crippen LogP contribution in [-0.4, -0.2) is 54.2 Å². The monoisotopic (exact) mass is 271 g/mol. The van der Waals surface area contributed by atoms with E-state index in [0.717, 1.165) is 25.9 Å². The number of urea groups is 1. The number of piperidine rings is 1. The second-order valence-electron chi connectivity index (χ2n) is 5.74. The average molecular weight is 271 g/mol. The van der Waals surface area contributed by atoms with Gasteiger partial charge in [-0.25, -0.2) is 9.59 Å². The van der Waals surface area contributed by atoms with Gasteiger partial charge < -0.3 is 20.6 Å². The largest absolute Gasteiger partial charge is 0.480 e. The van der Waals surface area contributed by atoms with Crippen molar-refractivity contribution in [2.75, 3.05) is 20.1 Å². The molecule has 6 nitrogen and oxygen atoms in total. The maximum atomic E-state index is 11.8. The second kappa shape index (κ2) is 7.33. The van der Waals surface area contributed by atoms with Crippen LogP contribution >= 0.6 is 0 Å². The molecule has 1 unspecified atom stereocenters. The van der Waals surface area contributed by atoms with E-state index in [-0.39, 0.29) is 18.0 Å². The first-order valence-electron chi connectivity index (χ1n) is 6.87. The number of carbonyl (C=O) groups is 2. The van der Waals surface area contributed by atoms with Crippen LogP contribution in [0.25, 0.3) is 0 Å². The van der Waals surface area contributed by atoms with Gasteiger partial charge in [0.15, 0.2) is 0 Å². The fraction of sp³-hybridized carbons (Fsp3) is 0.846. The third-order valence-electron chi connectivity index (χ3n) is 3.27. The molecule has 1 rings (SSSR count). The summed E-state index contributed by atoms with van der Waals surface area (Å²) >= 11 is 0. The molecule has 1 aliphatic rings. The number of amides is 2. The lowest BCUT2D eigenvalue weighted by Crippen LogP contribution is -2.53. The molecule has 0 aliphatic carbocycles. The Balaban J connectivity index is 2.41. The lowest BCUT2D eigenvalue weighted by molar-refractivity contribution is -0.139. The van der Waals surface area contributed by atoms with Crippen molar-refractivity contribution in [2.45, 2.75) is 45.2 Å². The molecular formula is C13H25N3O3. The highest BCUT2D eigenvalue weighted by Crippen LogP contribution is 2.08. The zero-order valence-corrected chi connectivity index (χ0v) is 12.0. The van der Waals surface area contributed by atoms with E-state index in [9.17, 15) is 9.59 Å². The Morgan fingerprint density at radius 3 is 2.63 bits per heavy atom. The first-order valence-corrected chi connectivity index (χ1v) is 6.87. The third kappa shape index (κ3) is 5.92. The summed E-state index contributed by atoms with van der Waals surface area (Å²) in [6, 6.07) is -1.10. The summed E-state index contributed by atoms with van der Waals surface area (Å²) in [5.41, 5.74) is 0. The lowest BCUT2D eigenvalue weighted by Gasteiger charge is -2.30. The molecule has 1 aliphatic heterocycles. The number of carboxylic acid groups (broad SMARTS) is 1. The minimum absolute atomic E-state index is 0.104. The summed E-state index contributed by atoms with van der Waals surface area (Å²) in [6.45, 7) is 5.73. The molecule has 0 saturated carbocycles. The Morgan fingerprint density at radius 2 is 2.11 bits per heavy atom. The normalized spacial score (nSPS) is 22.0. The highest BCUT2D eigenvalue weighted by atomic mass is 16.4. The zero-order chi connectivity index (χ0) is 14.4. The number of carboxylic acids is 1. The molecule has 0 radical (unpaired) electrons. The Hall–Kier alpha value is -1.30. The van der Waals surface area contributed by atoms with Gasteiger partial charge in [0.25, 0.3) is 0 Å². The number of likely N-dealkylation sites (tertiary alicyclic amines) is 1. The minimum Gasteiger partial charge on any atom is -0.480 e. The molecule has 1 fully saturated rings. The molecule has 0 aromatic rings. The molecule has 1 saturated heterocycles. The van der Waals surface area contributed by atoms with Crippen molar-refractivity contribution in [3.8, 4) is 0 Å². The van der Waals surface area contributed by atoms with Gasteiger partial charge in [-0.3, -0.25) is 0 Å². The summed E-state index contributed by atoms with van der Waals surface area (Å²) in [4.78, 5) is 25.0. The Bertz CT molecular complexity index is 320. The fourth-order valence-electron chi connectivity index (χ4n) is 2.36. The number of rotatable bonds is 5. The van der Waals surface area contributed by atoms with E-state index in [0.29, 0.717) is 6.42 Å². The molecule has 1 heterocycles. The Labute approximate surface area is 114 Å². The van der Waals surface area contributed by atoms with E-state index in [4.69, 9.17) is 5.11 Å². The molecule has 6 heteroatoms. The number of hydrogen-bond acceptors (Lipinski definition) is 3. The van der Waals surface area contributed by atoms with E-state index in [1.165, 1.54) is 0 Å². The van der Waals surface area contributed by atoms with Crippen LogP contribution in [0.15, 0.2) is 0 Å². The SMILES string of the molecule is CC(C)C[C@@H](NC(=O)NC1CCCN(C)C1)C(=O)O. The predicted octanol–water partition coefficient (Wildman–Crippen LogP) is 0.879. The van der Waals surface area contributed by atoms with Gasteiger partial charge in [-0.15, -0.1) is 0 Å². The predicted molar refractivity (Wildman–Crippen MR) is 73.1 cm³/mol. The molecule has 3 N–H and O–H groups in total. The fourth-order valence-corrected chi connectivity index (χ4v) is 2.36. The average Bonchev–Trinajstić information content (AvgIpc) is 2.27. The van der Waals surface area contributed by atoms with Gasteiger partial charge in [0.2, 0.25) is 0 Å². The van der Waals surface area contributed by atoms with Gasteiger partial charge >= 0.3 is 12.0 Å². The Morgan fingerprint density at radius 1 is 1.42 bits per heavy atom. The molecule has 110 valence electrons. The van der Waals surface area contributed by atoms with Crippen LogP contribution in [-0.2, 0) is 4.79 Å². The topological polar surface area (TPSA) is 81.7 Å². The standard InChI is InChI=1S/C13H25N3O3/c1-9(2)7-11(12(17)18)15-13(19)14-10-5-4-6-16(3)8-10/h9-11H,4-8H2,1-3H3,(H,17,18)(H2,14,15,19)/t10?,11-/m1/s1. The van der Waals surface area contributed by atoms with Crippen LogP contribution in [0.1, 0.15) is 33.1 Å². The maximum Gasteiger partial charge on any atom is 0.326 e. The molecule has 0 aromatic heterocycles. The first kappa shape index (κ1) is 15.8. The van der Waals surface area contributed by atoms with Gasteiger partial charge in [-0.05, 0) is 38.8 Å². The van der Waals surface area contributed by atoms with Crippen molar-refractivity contribution >= 4 is 12.0 Å². The van der Waals surface area contributed by atoms with Gasteiger partial charge in [0, 0.05) is 12.6 Å². The second-order valence-corrected chi connectivity index (χ2v) is 5.74. The van der Waals surface area contributed by atoms with E-state index in [2.05, 4.69) is 15.5 Å². The summed E-state index contributed by atoms with van der Waals surface area (Å²) < 4.78 is 0.